The van der Waals surface area contributed by atoms with Gasteiger partial charge in [0.15, 0.2) is 0 Å². The van der Waals surface area contributed by atoms with Crippen LogP contribution in [0.5, 0.6) is 0 Å². The molecule has 2 unspecified atom stereocenters. The summed E-state index contributed by atoms with van der Waals surface area (Å²) in [5.41, 5.74) is 0.544. The number of nitrogens with zero attached hydrogens (tertiary/aromatic N) is 3. The predicted octanol–water partition coefficient (Wildman–Crippen LogP) is 3.61. The lowest BCUT2D eigenvalue weighted by Gasteiger charge is -2.40. The number of carbonyl (C=O) groups is 3. The van der Waals surface area contributed by atoms with Crippen molar-refractivity contribution in [3.05, 3.63) is 54.6 Å². The highest BCUT2D eigenvalue weighted by Gasteiger charge is 2.74. The molecule has 0 aliphatic carbocycles. The summed E-state index contributed by atoms with van der Waals surface area (Å²) in [7, 11) is 1.72. The van der Waals surface area contributed by atoms with Gasteiger partial charge in [0.1, 0.15) is 6.04 Å². The van der Waals surface area contributed by atoms with Crippen molar-refractivity contribution in [3.8, 4) is 0 Å². The van der Waals surface area contributed by atoms with Crippen molar-refractivity contribution in [2.75, 3.05) is 31.6 Å². The van der Waals surface area contributed by atoms with Gasteiger partial charge >= 0.3 is 0 Å². The van der Waals surface area contributed by atoms with Gasteiger partial charge in [0, 0.05) is 25.4 Å². The number of hydrogen-bond acceptors (Lipinski definition) is 5. The lowest BCUT2D eigenvalue weighted by atomic mass is 9.70. The standard InChI is InChI=1S/C28H36ClN3O4S/c1-6-14-30(5)25(34)22-21-12-13-28(37-21)23(22)26(35)32(20(16-33)17(3)4)24(28)27(36)31(15-7-2)19-11-9-8-10-18(19)29/h6-11,17,20-24,33H,1-2,12-16H2,3-5H3/t20-,21+,22-,23-,24?,28?/m0/s1. The largest absolute Gasteiger partial charge is 0.394 e. The first-order valence-corrected chi connectivity index (χ1v) is 14.0. The minimum Gasteiger partial charge on any atom is -0.394 e. The fraction of sp³-hybridized carbons (Fsp3) is 0.536. The third kappa shape index (κ3) is 4.41. The summed E-state index contributed by atoms with van der Waals surface area (Å²) in [6.45, 7) is 11.8. The van der Waals surface area contributed by atoms with Gasteiger partial charge in [-0.15, -0.1) is 24.9 Å². The van der Waals surface area contributed by atoms with E-state index in [1.165, 1.54) is 0 Å². The molecule has 0 aromatic heterocycles. The number of likely N-dealkylation sites (N-methyl/N-ethyl adjacent to an activating group) is 1. The van der Waals surface area contributed by atoms with E-state index in [9.17, 15) is 19.5 Å². The highest BCUT2D eigenvalue weighted by molar-refractivity contribution is 8.02. The maximum atomic E-state index is 14.5. The lowest BCUT2D eigenvalue weighted by molar-refractivity contribution is -0.145. The molecule has 3 amide bonds. The molecular formula is C28H36ClN3O4S. The van der Waals surface area contributed by atoms with E-state index in [1.54, 1.807) is 63.9 Å². The van der Waals surface area contributed by atoms with Gasteiger partial charge in [0.2, 0.25) is 11.8 Å². The number of likely N-dealkylation sites (tertiary alicyclic amines) is 1. The Morgan fingerprint density at radius 2 is 1.92 bits per heavy atom. The number of benzene rings is 1. The van der Waals surface area contributed by atoms with Gasteiger partial charge in [0.25, 0.3) is 5.91 Å². The van der Waals surface area contributed by atoms with E-state index in [2.05, 4.69) is 13.2 Å². The number of halogens is 1. The summed E-state index contributed by atoms with van der Waals surface area (Å²) in [4.78, 5) is 47.2. The maximum absolute atomic E-state index is 14.5. The number of fused-ring (bicyclic) bond motifs is 1. The van der Waals surface area contributed by atoms with Crippen molar-refractivity contribution < 1.29 is 19.5 Å². The average molecular weight is 546 g/mol. The van der Waals surface area contributed by atoms with Crippen molar-refractivity contribution in [3.63, 3.8) is 0 Å². The van der Waals surface area contributed by atoms with Crippen LogP contribution in [0.1, 0.15) is 26.7 Å². The van der Waals surface area contributed by atoms with Gasteiger partial charge in [-0.3, -0.25) is 14.4 Å². The molecule has 200 valence electrons. The Morgan fingerprint density at radius 3 is 2.51 bits per heavy atom. The Bertz CT molecular complexity index is 1100. The molecule has 1 spiro atoms. The minimum atomic E-state index is -0.835. The van der Waals surface area contributed by atoms with E-state index in [1.807, 2.05) is 19.9 Å². The molecule has 0 radical (unpaired) electrons. The molecule has 0 saturated carbocycles. The molecule has 1 aromatic rings. The van der Waals surface area contributed by atoms with E-state index in [0.29, 0.717) is 23.7 Å². The van der Waals surface area contributed by atoms with Gasteiger partial charge in [-0.2, -0.15) is 0 Å². The lowest BCUT2D eigenvalue weighted by Crippen LogP contribution is -2.58. The summed E-state index contributed by atoms with van der Waals surface area (Å²) < 4.78 is -0.753. The van der Waals surface area contributed by atoms with Gasteiger partial charge in [-0.05, 0) is 30.9 Å². The van der Waals surface area contributed by atoms with Crippen LogP contribution in [-0.2, 0) is 14.4 Å². The molecule has 1 N–H and O–H groups in total. The Kier molecular flexibility index (Phi) is 8.12. The highest BCUT2D eigenvalue weighted by atomic mass is 35.5. The van der Waals surface area contributed by atoms with Crippen LogP contribution < -0.4 is 4.90 Å². The molecule has 2 bridgehead atoms. The Balaban J connectivity index is 1.84. The fourth-order valence-corrected chi connectivity index (χ4v) is 8.85. The number of aliphatic hydroxyl groups is 1. The molecule has 3 heterocycles. The minimum absolute atomic E-state index is 0.0361. The predicted molar refractivity (Wildman–Crippen MR) is 149 cm³/mol. The molecule has 3 aliphatic heterocycles. The molecule has 6 atom stereocenters. The second-order valence-corrected chi connectivity index (χ2v) is 12.5. The Labute approximate surface area is 228 Å². The van der Waals surface area contributed by atoms with Crippen LogP contribution in [0, 0.1) is 17.8 Å². The third-order valence-electron chi connectivity index (χ3n) is 8.07. The summed E-state index contributed by atoms with van der Waals surface area (Å²) in [5, 5.41) is 10.8. The van der Waals surface area contributed by atoms with E-state index in [0.717, 1.165) is 6.42 Å². The van der Waals surface area contributed by atoms with Crippen LogP contribution in [0.2, 0.25) is 5.02 Å². The molecule has 7 nitrogen and oxygen atoms in total. The number of aliphatic hydroxyl groups excluding tert-OH is 1. The summed E-state index contributed by atoms with van der Waals surface area (Å²) in [6.07, 6.45) is 4.71. The second kappa shape index (κ2) is 10.8. The van der Waals surface area contributed by atoms with Crippen LogP contribution in [0.3, 0.4) is 0 Å². The van der Waals surface area contributed by atoms with E-state index in [-0.39, 0.29) is 42.0 Å². The molecular weight excluding hydrogens is 510 g/mol. The fourth-order valence-electron chi connectivity index (χ4n) is 6.42. The van der Waals surface area contributed by atoms with E-state index < -0.39 is 28.7 Å². The highest BCUT2D eigenvalue weighted by Crippen LogP contribution is 2.67. The van der Waals surface area contributed by atoms with Gasteiger partial charge in [-0.25, -0.2) is 0 Å². The van der Waals surface area contributed by atoms with Gasteiger partial charge in [-0.1, -0.05) is 49.7 Å². The van der Waals surface area contributed by atoms with Crippen molar-refractivity contribution >= 4 is 46.8 Å². The number of hydrogen-bond donors (Lipinski definition) is 1. The van der Waals surface area contributed by atoms with Crippen LogP contribution >= 0.6 is 23.4 Å². The molecule has 3 fully saturated rings. The second-order valence-electron chi connectivity index (χ2n) is 10.5. The Morgan fingerprint density at radius 1 is 1.24 bits per heavy atom. The van der Waals surface area contributed by atoms with Crippen molar-refractivity contribution in [2.24, 2.45) is 17.8 Å². The molecule has 1 aromatic carbocycles. The van der Waals surface area contributed by atoms with Gasteiger partial charge < -0.3 is 19.8 Å². The van der Waals surface area contributed by atoms with Crippen LogP contribution in [0.4, 0.5) is 5.69 Å². The van der Waals surface area contributed by atoms with Crippen molar-refractivity contribution in [2.45, 2.75) is 48.8 Å². The molecule has 3 saturated heterocycles. The maximum Gasteiger partial charge on any atom is 0.251 e. The Hall–Kier alpha value is -2.29. The first-order chi connectivity index (χ1) is 17.6. The number of rotatable bonds is 10. The molecule has 9 heteroatoms. The number of para-hydroxylation sites is 1. The monoisotopic (exact) mass is 545 g/mol. The molecule has 3 aliphatic rings. The summed E-state index contributed by atoms with van der Waals surface area (Å²) in [5.74, 6) is -1.81. The zero-order valence-electron chi connectivity index (χ0n) is 21.7. The van der Waals surface area contributed by atoms with Crippen molar-refractivity contribution in [1.82, 2.24) is 9.80 Å². The summed E-state index contributed by atoms with van der Waals surface area (Å²) in [6, 6.07) is 5.73. The van der Waals surface area contributed by atoms with E-state index >= 15 is 0 Å². The zero-order chi connectivity index (χ0) is 27.1. The third-order valence-corrected chi connectivity index (χ3v) is 10.3. The average Bonchev–Trinajstić information content (AvgIpc) is 3.50. The van der Waals surface area contributed by atoms with Crippen LogP contribution in [0.15, 0.2) is 49.6 Å². The SMILES string of the molecule is C=CCN(C)C(=O)[C@@H]1[C@H]2C(=O)N([C@@H](CO)C(C)C)C(C(=O)N(CC=C)c3ccccc3Cl)C23CC[C@H]1S3. The smallest absolute Gasteiger partial charge is 0.251 e. The van der Waals surface area contributed by atoms with Crippen molar-refractivity contribution in [1.29, 1.82) is 0 Å². The van der Waals surface area contributed by atoms with Gasteiger partial charge in [0.05, 0.1) is 39.9 Å². The molecule has 4 rings (SSSR count). The number of thioether (sulfide) groups is 1. The van der Waals surface area contributed by atoms with Crippen LogP contribution in [-0.4, -0.2) is 81.5 Å². The molecule has 37 heavy (non-hydrogen) atoms. The number of amides is 3. The summed E-state index contributed by atoms with van der Waals surface area (Å²) >= 11 is 8.13. The number of anilines is 1. The number of carbonyl (C=O) groups excluding carboxylic acids is 3. The van der Waals surface area contributed by atoms with E-state index in [4.69, 9.17) is 11.6 Å². The first-order valence-electron chi connectivity index (χ1n) is 12.8. The normalized spacial score (nSPS) is 28.8. The topological polar surface area (TPSA) is 81.2 Å². The first kappa shape index (κ1) is 27.7. The zero-order valence-corrected chi connectivity index (χ0v) is 23.3. The quantitative estimate of drug-likeness (QED) is 0.454. The van der Waals surface area contributed by atoms with Crippen LogP contribution in [0.25, 0.3) is 0 Å².